The lowest BCUT2D eigenvalue weighted by molar-refractivity contribution is 0.399. The summed E-state index contributed by atoms with van der Waals surface area (Å²) in [5, 5.41) is 15.5. The van der Waals surface area contributed by atoms with Crippen LogP contribution in [0.4, 0.5) is 0 Å². The van der Waals surface area contributed by atoms with Crippen molar-refractivity contribution in [3.8, 4) is 5.75 Å². The molecule has 0 bridgehead atoms. The van der Waals surface area contributed by atoms with E-state index >= 15 is 0 Å². The Balaban J connectivity index is 0.000000371. The highest BCUT2D eigenvalue weighted by molar-refractivity contribution is 5.10. The molecule has 0 radical (unpaired) electrons. The number of hydrogen-bond donors (Lipinski definition) is 2. The molecule has 0 spiro atoms. The van der Waals surface area contributed by atoms with Gasteiger partial charge in [0.1, 0.15) is 0 Å². The molecule has 0 fully saturated rings. The third-order valence-electron chi connectivity index (χ3n) is 0.717. The fraction of sp³-hybridized carbons (Fsp3) is 0.167. The van der Waals surface area contributed by atoms with Gasteiger partial charge >= 0.3 is 5.63 Å². The van der Waals surface area contributed by atoms with Gasteiger partial charge in [-0.05, 0) is 12.1 Å². The van der Waals surface area contributed by atoms with Crippen LogP contribution in [-0.4, -0.2) is 17.3 Å². The molecule has 0 aliphatic heterocycles. The van der Waals surface area contributed by atoms with Crippen LogP contribution in [0.2, 0.25) is 0 Å². The van der Waals surface area contributed by atoms with Gasteiger partial charge in [-0.3, -0.25) is 0 Å². The summed E-state index contributed by atoms with van der Waals surface area (Å²) < 4.78 is 4.25. The number of aromatic hydroxyl groups is 1. The van der Waals surface area contributed by atoms with Crippen LogP contribution < -0.4 is 5.63 Å². The van der Waals surface area contributed by atoms with Crippen molar-refractivity contribution in [2.24, 2.45) is 0 Å². The lowest BCUT2D eigenvalue weighted by atomic mass is 10.5. The van der Waals surface area contributed by atoms with E-state index in [0.717, 1.165) is 7.11 Å². The van der Waals surface area contributed by atoms with Crippen LogP contribution >= 0.6 is 0 Å². The molecule has 56 valence electrons. The third kappa shape index (κ3) is 2.32. The Labute approximate surface area is 57.4 Å². The average molecular weight is 144 g/mol. The van der Waals surface area contributed by atoms with Crippen molar-refractivity contribution in [3.63, 3.8) is 0 Å². The zero-order valence-corrected chi connectivity index (χ0v) is 5.44. The normalized spacial score (nSPS) is 7.80. The van der Waals surface area contributed by atoms with Gasteiger partial charge in [0.25, 0.3) is 0 Å². The van der Waals surface area contributed by atoms with Crippen molar-refractivity contribution in [3.05, 3.63) is 28.8 Å². The second kappa shape index (κ2) is 4.58. The average Bonchev–Trinajstić information content (AvgIpc) is 2.00. The summed E-state index contributed by atoms with van der Waals surface area (Å²) in [6.45, 7) is 0. The highest BCUT2D eigenvalue weighted by Crippen LogP contribution is 1.94. The maximum Gasteiger partial charge on any atom is 0.378 e. The van der Waals surface area contributed by atoms with E-state index < -0.39 is 5.63 Å². The van der Waals surface area contributed by atoms with Gasteiger partial charge in [0, 0.05) is 7.11 Å². The number of rotatable bonds is 0. The van der Waals surface area contributed by atoms with E-state index in [9.17, 15) is 4.79 Å². The first-order valence-electron chi connectivity index (χ1n) is 2.52. The number of hydrogen-bond acceptors (Lipinski definition) is 4. The minimum atomic E-state index is -0.701. The summed E-state index contributed by atoms with van der Waals surface area (Å²) in [5.41, 5.74) is -0.701. The Morgan fingerprint density at radius 2 is 2.10 bits per heavy atom. The first-order valence-corrected chi connectivity index (χ1v) is 2.52. The lowest BCUT2D eigenvalue weighted by Gasteiger charge is -1.81. The summed E-state index contributed by atoms with van der Waals surface area (Å²) in [4.78, 5) is 10.2. The second-order valence-corrected chi connectivity index (χ2v) is 1.29. The molecule has 0 aromatic carbocycles. The molecule has 0 saturated carbocycles. The van der Waals surface area contributed by atoms with Crippen LogP contribution in [0.1, 0.15) is 0 Å². The lowest BCUT2D eigenvalue weighted by Crippen LogP contribution is -1.93. The molecule has 4 heteroatoms. The Morgan fingerprint density at radius 3 is 2.40 bits per heavy atom. The molecule has 0 unspecified atom stereocenters. The number of aliphatic hydroxyl groups is 1. The summed E-state index contributed by atoms with van der Waals surface area (Å²) in [5.74, 6) is -0.354. The molecule has 1 aromatic heterocycles. The summed E-state index contributed by atoms with van der Waals surface area (Å²) in [6, 6.07) is 2.71. The standard InChI is InChI=1S/C5H4O3.CH4O/c6-4-2-1-3-8-5(4)7;1-2/h1-3,6H;2H,1H3. The third-order valence-corrected chi connectivity index (χ3v) is 0.717. The Bertz CT molecular complexity index is 227. The first-order chi connectivity index (χ1) is 4.80. The highest BCUT2D eigenvalue weighted by Gasteiger charge is 1.90. The molecule has 0 saturated heterocycles. The summed E-state index contributed by atoms with van der Waals surface area (Å²) in [6.07, 6.45) is 1.21. The first kappa shape index (κ1) is 8.71. The van der Waals surface area contributed by atoms with Gasteiger partial charge in [0.05, 0.1) is 6.26 Å². The van der Waals surface area contributed by atoms with Gasteiger partial charge in [0.15, 0.2) is 0 Å². The van der Waals surface area contributed by atoms with Crippen LogP contribution in [0.25, 0.3) is 0 Å². The predicted octanol–water partition coefficient (Wildman–Crippen LogP) is -0.0461. The van der Waals surface area contributed by atoms with Crippen LogP contribution in [-0.2, 0) is 0 Å². The maximum atomic E-state index is 10.2. The van der Waals surface area contributed by atoms with Crippen LogP contribution in [0, 0.1) is 0 Å². The number of aliphatic hydroxyl groups excluding tert-OH is 1. The van der Waals surface area contributed by atoms with Crippen LogP contribution in [0.15, 0.2) is 27.6 Å². The van der Waals surface area contributed by atoms with Gasteiger partial charge in [-0.25, -0.2) is 4.79 Å². The molecule has 2 N–H and O–H groups in total. The molecular formula is C6H8O4. The quantitative estimate of drug-likeness (QED) is 0.535. The second-order valence-electron chi connectivity index (χ2n) is 1.29. The van der Waals surface area contributed by atoms with E-state index in [4.69, 9.17) is 10.2 Å². The highest BCUT2D eigenvalue weighted by atomic mass is 16.4. The topological polar surface area (TPSA) is 70.7 Å². The van der Waals surface area contributed by atoms with Crippen LogP contribution in [0.3, 0.4) is 0 Å². The fourth-order valence-corrected chi connectivity index (χ4v) is 0.360. The monoisotopic (exact) mass is 144 g/mol. The predicted molar refractivity (Wildman–Crippen MR) is 34.8 cm³/mol. The zero-order chi connectivity index (χ0) is 7.98. The van der Waals surface area contributed by atoms with Gasteiger partial charge in [-0.15, -0.1) is 0 Å². The van der Waals surface area contributed by atoms with Crippen molar-refractivity contribution >= 4 is 0 Å². The van der Waals surface area contributed by atoms with Crippen molar-refractivity contribution in [1.29, 1.82) is 0 Å². The summed E-state index contributed by atoms with van der Waals surface area (Å²) in [7, 11) is 1.00. The van der Waals surface area contributed by atoms with Gasteiger partial charge in [0.2, 0.25) is 5.75 Å². The van der Waals surface area contributed by atoms with E-state index in [1.807, 2.05) is 0 Å². The Hall–Kier alpha value is -1.29. The maximum absolute atomic E-state index is 10.2. The smallest absolute Gasteiger partial charge is 0.378 e. The van der Waals surface area contributed by atoms with Crippen molar-refractivity contribution < 1.29 is 14.6 Å². The molecule has 0 aliphatic carbocycles. The van der Waals surface area contributed by atoms with Crippen molar-refractivity contribution in [1.82, 2.24) is 0 Å². The van der Waals surface area contributed by atoms with Crippen LogP contribution in [0.5, 0.6) is 5.75 Å². The van der Waals surface area contributed by atoms with Gasteiger partial charge < -0.3 is 14.6 Å². The van der Waals surface area contributed by atoms with Crippen molar-refractivity contribution in [2.45, 2.75) is 0 Å². The molecule has 0 atom stereocenters. The van der Waals surface area contributed by atoms with E-state index in [1.165, 1.54) is 18.4 Å². The van der Waals surface area contributed by atoms with E-state index in [-0.39, 0.29) is 5.75 Å². The van der Waals surface area contributed by atoms with Crippen molar-refractivity contribution in [2.75, 3.05) is 7.11 Å². The zero-order valence-electron chi connectivity index (χ0n) is 5.44. The largest absolute Gasteiger partial charge is 0.502 e. The van der Waals surface area contributed by atoms with Gasteiger partial charge in [-0.1, -0.05) is 0 Å². The van der Waals surface area contributed by atoms with E-state index in [1.54, 1.807) is 0 Å². The summed E-state index contributed by atoms with van der Waals surface area (Å²) >= 11 is 0. The Morgan fingerprint density at radius 1 is 1.50 bits per heavy atom. The molecule has 10 heavy (non-hydrogen) atoms. The van der Waals surface area contributed by atoms with E-state index in [0.29, 0.717) is 0 Å². The minimum absolute atomic E-state index is 0.354. The molecule has 0 aliphatic rings. The van der Waals surface area contributed by atoms with E-state index in [2.05, 4.69) is 4.42 Å². The Kier molecular flexibility index (Phi) is 3.99. The molecule has 1 heterocycles. The SMILES string of the molecule is CO.O=c1occcc1O. The molecule has 4 nitrogen and oxygen atoms in total. The van der Waals surface area contributed by atoms with Gasteiger partial charge in [-0.2, -0.15) is 0 Å². The molecule has 1 rings (SSSR count). The molecule has 0 amide bonds. The molecule has 1 aromatic rings. The fourth-order valence-electron chi connectivity index (χ4n) is 0.360. The molecular weight excluding hydrogens is 136 g/mol. The minimum Gasteiger partial charge on any atom is -0.502 e.